The van der Waals surface area contributed by atoms with E-state index < -0.39 is 12.6 Å². The van der Waals surface area contributed by atoms with Gasteiger partial charge in [-0.1, -0.05) is 24.3 Å². The summed E-state index contributed by atoms with van der Waals surface area (Å²) in [6.45, 7) is 3.48. The van der Waals surface area contributed by atoms with Gasteiger partial charge in [0.15, 0.2) is 12.0 Å². The molecule has 0 aliphatic rings. The predicted octanol–water partition coefficient (Wildman–Crippen LogP) is 3.56. The Bertz CT molecular complexity index is 1450. The number of ether oxygens (including phenoxy) is 2. The highest BCUT2D eigenvalue weighted by Gasteiger charge is 2.19. The highest BCUT2D eigenvalue weighted by atomic mass is 16.5. The van der Waals surface area contributed by atoms with Crippen LogP contribution >= 0.6 is 0 Å². The third kappa shape index (κ3) is 4.73. The first-order valence-corrected chi connectivity index (χ1v) is 11.2. The number of hydrogen-bond acceptors (Lipinski definition) is 6. The maximum Gasteiger partial charge on any atom is 0.326 e. The van der Waals surface area contributed by atoms with Gasteiger partial charge in [-0.15, -0.1) is 0 Å². The summed E-state index contributed by atoms with van der Waals surface area (Å²) in [4.78, 5) is 49.9. The number of aryl methyl sites for hydroxylation is 1. The van der Waals surface area contributed by atoms with E-state index in [1.165, 1.54) is 7.11 Å². The molecule has 2 heterocycles. The number of ketones is 1. The molecule has 0 aliphatic heterocycles. The van der Waals surface area contributed by atoms with E-state index in [0.29, 0.717) is 39.6 Å². The lowest BCUT2D eigenvalue weighted by Crippen LogP contribution is -2.21. The quantitative estimate of drug-likeness (QED) is 0.220. The van der Waals surface area contributed by atoms with Crippen molar-refractivity contribution in [2.24, 2.45) is 0 Å². The third-order valence-electron chi connectivity index (χ3n) is 6.17. The number of rotatable bonds is 8. The van der Waals surface area contributed by atoms with Gasteiger partial charge in [-0.05, 0) is 44.2 Å². The summed E-state index contributed by atoms with van der Waals surface area (Å²) in [7, 11) is 1.33. The second-order valence-corrected chi connectivity index (χ2v) is 8.30. The average molecular weight is 475 g/mol. The fourth-order valence-electron chi connectivity index (χ4n) is 4.38. The van der Waals surface area contributed by atoms with Crippen LogP contribution in [0.3, 0.4) is 0 Å². The smallest absolute Gasteiger partial charge is 0.326 e. The number of carbonyl (C=O) groups excluding carboxylic acids is 3. The van der Waals surface area contributed by atoms with E-state index in [1.54, 1.807) is 66.1 Å². The van der Waals surface area contributed by atoms with Crippen LogP contribution in [0, 0.1) is 13.8 Å². The summed E-state index contributed by atoms with van der Waals surface area (Å²) in [5, 5.41) is 1.02. The van der Waals surface area contributed by atoms with E-state index in [0.717, 1.165) is 5.69 Å². The van der Waals surface area contributed by atoms with Crippen LogP contribution in [-0.2, 0) is 32.2 Å². The van der Waals surface area contributed by atoms with Crippen LogP contribution in [-0.4, -0.2) is 40.6 Å². The maximum absolute atomic E-state index is 12.9. The van der Waals surface area contributed by atoms with Crippen molar-refractivity contribution in [3.8, 4) is 0 Å². The molecule has 0 saturated carbocycles. The molecular weight excluding hydrogens is 448 g/mol. The minimum Gasteiger partial charge on any atom is -0.469 e. The molecule has 0 amide bonds. The van der Waals surface area contributed by atoms with Crippen molar-refractivity contribution in [3.63, 3.8) is 0 Å². The number of pyridine rings is 1. The van der Waals surface area contributed by atoms with Gasteiger partial charge in [-0.3, -0.25) is 19.2 Å². The summed E-state index contributed by atoms with van der Waals surface area (Å²) in [6, 6.07) is 15.9. The Hall–Kier alpha value is -4.20. The minimum atomic E-state index is -0.586. The Labute approximate surface area is 201 Å². The molecule has 0 N–H and O–H groups in total. The molecular formula is C27H26N2O6. The molecule has 0 atom stereocenters. The van der Waals surface area contributed by atoms with Crippen molar-refractivity contribution >= 4 is 39.5 Å². The SMILES string of the molecule is COC(=O)CCn1c(C)cc(C(=O)COC(=O)Cn2c3ccccc3c(=O)c3ccccc32)c1C. The summed E-state index contributed by atoms with van der Waals surface area (Å²) in [5.74, 6) is -1.25. The molecule has 8 nitrogen and oxygen atoms in total. The van der Waals surface area contributed by atoms with E-state index in [2.05, 4.69) is 4.74 Å². The molecule has 4 rings (SSSR count). The Morgan fingerprint density at radius 1 is 0.857 bits per heavy atom. The minimum absolute atomic E-state index is 0.0986. The number of Topliss-reactive ketones (excluding diaryl/α,β-unsaturated/α-hetero) is 1. The molecule has 0 unspecified atom stereocenters. The van der Waals surface area contributed by atoms with Gasteiger partial charge < -0.3 is 18.6 Å². The highest BCUT2D eigenvalue weighted by Crippen LogP contribution is 2.20. The molecule has 0 saturated heterocycles. The molecule has 0 aliphatic carbocycles. The lowest BCUT2D eigenvalue weighted by molar-refractivity contribution is -0.143. The molecule has 0 spiro atoms. The first kappa shape index (κ1) is 23.9. The van der Waals surface area contributed by atoms with E-state index in [9.17, 15) is 19.2 Å². The number of fused-ring (bicyclic) bond motifs is 2. The summed E-state index contributed by atoms with van der Waals surface area (Å²) in [6.07, 6.45) is 0.191. The van der Waals surface area contributed by atoms with Gasteiger partial charge in [0.05, 0.1) is 24.6 Å². The van der Waals surface area contributed by atoms with Crippen LogP contribution in [0.15, 0.2) is 59.4 Å². The lowest BCUT2D eigenvalue weighted by atomic mass is 10.1. The van der Waals surface area contributed by atoms with Gasteiger partial charge in [0.1, 0.15) is 6.54 Å². The molecule has 2 aromatic heterocycles. The normalized spacial score (nSPS) is 11.1. The monoisotopic (exact) mass is 474 g/mol. The van der Waals surface area contributed by atoms with Crippen molar-refractivity contribution in [1.82, 2.24) is 9.13 Å². The van der Waals surface area contributed by atoms with Crippen molar-refractivity contribution in [2.45, 2.75) is 33.4 Å². The van der Waals surface area contributed by atoms with Crippen LogP contribution < -0.4 is 5.43 Å². The van der Waals surface area contributed by atoms with E-state index in [-0.39, 0.29) is 30.1 Å². The number of carbonyl (C=O) groups is 3. The van der Waals surface area contributed by atoms with Crippen molar-refractivity contribution in [1.29, 1.82) is 0 Å². The zero-order valence-electron chi connectivity index (χ0n) is 19.9. The highest BCUT2D eigenvalue weighted by molar-refractivity contribution is 5.99. The Morgan fingerprint density at radius 2 is 1.46 bits per heavy atom. The second kappa shape index (κ2) is 9.97. The van der Waals surface area contributed by atoms with Gasteiger partial charge in [-0.2, -0.15) is 0 Å². The fourth-order valence-corrected chi connectivity index (χ4v) is 4.38. The van der Waals surface area contributed by atoms with Crippen molar-refractivity contribution < 1.29 is 23.9 Å². The first-order valence-electron chi connectivity index (χ1n) is 11.2. The van der Waals surface area contributed by atoms with E-state index >= 15 is 0 Å². The average Bonchev–Trinajstić information content (AvgIpc) is 3.16. The Balaban J connectivity index is 1.52. The summed E-state index contributed by atoms with van der Waals surface area (Å²) in [5.41, 5.74) is 3.11. The van der Waals surface area contributed by atoms with Crippen molar-refractivity contribution in [3.05, 3.63) is 81.8 Å². The van der Waals surface area contributed by atoms with Crippen LogP contribution in [0.2, 0.25) is 0 Å². The van der Waals surface area contributed by atoms with Gasteiger partial charge >= 0.3 is 11.9 Å². The fraction of sp³-hybridized carbons (Fsp3) is 0.259. The lowest BCUT2D eigenvalue weighted by Gasteiger charge is -2.14. The van der Waals surface area contributed by atoms with Gasteiger partial charge in [-0.25, -0.2) is 0 Å². The molecule has 35 heavy (non-hydrogen) atoms. The first-order chi connectivity index (χ1) is 16.8. The van der Waals surface area contributed by atoms with Crippen LogP contribution in [0.5, 0.6) is 0 Å². The zero-order valence-corrected chi connectivity index (χ0v) is 19.9. The number of para-hydroxylation sites is 2. The molecule has 4 aromatic rings. The second-order valence-electron chi connectivity index (χ2n) is 8.30. The van der Waals surface area contributed by atoms with E-state index in [1.807, 2.05) is 11.5 Å². The third-order valence-corrected chi connectivity index (χ3v) is 6.17. The van der Waals surface area contributed by atoms with Gasteiger partial charge in [0, 0.05) is 34.3 Å². The number of methoxy groups -OCH3 is 1. The summed E-state index contributed by atoms with van der Waals surface area (Å²) < 4.78 is 13.6. The standard InChI is InChI=1S/C27H26N2O6/c1-17-14-21(18(2)28(17)13-12-25(31)34-3)24(30)16-35-26(32)15-29-22-10-6-4-8-19(22)27(33)20-9-5-7-11-23(20)29/h4-11,14H,12-13,15-16H2,1-3H3. The zero-order chi connectivity index (χ0) is 25.1. The number of aromatic nitrogens is 2. The molecule has 0 radical (unpaired) electrons. The molecule has 2 aromatic carbocycles. The maximum atomic E-state index is 12.9. The van der Waals surface area contributed by atoms with Crippen LogP contribution in [0.4, 0.5) is 0 Å². The predicted molar refractivity (Wildman–Crippen MR) is 132 cm³/mol. The Morgan fingerprint density at radius 3 is 2.06 bits per heavy atom. The summed E-state index contributed by atoms with van der Waals surface area (Å²) >= 11 is 0. The molecule has 0 bridgehead atoms. The molecule has 0 fully saturated rings. The van der Waals surface area contributed by atoms with E-state index in [4.69, 9.17) is 4.74 Å². The molecule has 8 heteroatoms. The number of esters is 2. The number of nitrogens with zero attached hydrogens (tertiary/aromatic N) is 2. The molecule has 180 valence electrons. The van der Waals surface area contributed by atoms with Gasteiger partial charge in [0.2, 0.25) is 5.78 Å². The van der Waals surface area contributed by atoms with Gasteiger partial charge in [0.25, 0.3) is 0 Å². The largest absolute Gasteiger partial charge is 0.469 e. The van der Waals surface area contributed by atoms with Crippen LogP contribution in [0.1, 0.15) is 28.2 Å². The van der Waals surface area contributed by atoms with Crippen LogP contribution in [0.25, 0.3) is 21.8 Å². The number of hydrogen-bond donors (Lipinski definition) is 0. The number of benzene rings is 2. The Kier molecular flexibility index (Phi) is 6.82. The van der Waals surface area contributed by atoms with Crippen molar-refractivity contribution in [2.75, 3.05) is 13.7 Å². The topological polar surface area (TPSA) is 96.6 Å².